The Morgan fingerprint density at radius 3 is 1.95 bits per heavy atom. The second kappa shape index (κ2) is 6.28. The molecule has 124 valence electrons. The molecule has 2 rings (SSSR count). The summed E-state index contributed by atoms with van der Waals surface area (Å²) in [6, 6.07) is 2.98. The Morgan fingerprint density at radius 2 is 1.59 bits per heavy atom. The fraction of sp³-hybridized carbons (Fsp3) is 0.611. The summed E-state index contributed by atoms with van der Waals surface area (Å²) in [4.78, 5) is 13.0. The van der Waals surface area contributed by atoms with Crippen LogP contribution in [0, 0.1) is 19.7 Å². The van der Waals surface area contributed by atoms with Crippen molar-refractivity contribution in [2.24, 2.45) is 0 Å². The number of benzene rings is 1. The molecule has 0 heterocycles. The molecular formula is C18H29FNOP. The van der Waals surface area contributed by atoms with E-state index in [1.54, 1.807) is 0 Å². The number of hydrogen-bond donors (Lipinski definition) is 1. The zero-order valence-electron chi connectivity index (χ0n) is 14.5. The molecule has 1 N–H and O–H groups in total. The molecule has 1 aliphatic carbocycles. The molecule has 0 spiro atoms. The fourth-order valence-electron chi connectivity index (χ4n) is 4.23. The van der Waals surface area contributed by atoms with Crippen LogP contribution in [-0.4, -0.2) is 29.5 Å². The molecule has 2 nitrogen and oxygen atoms in total. The average molecular weight is 325 g/mol. The summed E-state index contributed by atoms with van der Waals surface area (Å²) in [5.74, 6) is -0.0592. The Kier molecular flexibility index (Phi) is 4.96. The molecule has 0 aromatic heterocycles. The number of amides is 1. The fourth-order valence-corrected chi connectivity index (χ4v) is 9.49. The van der Waals surface area contributed by atoms with E-state index < -0.39 is 7.26 Å². The van der Waals surface area contributed by atoms with Crippen LogP contribution in [0.15, 0.2) is 12.1 Å². The van der Waals surface area contributed by atoms with Gasteiger partial charge in [-0.25, -0.2) is 0 Å². The van der Waals surface area contributed by atoms with Crippen molar-refractivity contribution in [3.63, 3.8) is 0 Å². The standard InChI is InChI=1S/C18H29FNOP/c1-6-22(7-2,8-3)18(9-10-18)17(21)20-16-13(4)11-15(19)12-14(16)5/h11-12,22H,6-10H2,1-5H3,(H,20,21). The Bertz CT molecular complexity index is 545. The van der Waals surface area contributed by atoms with Gasteiger partial charge in [-0.3, -0.25) is 0 Å². The summed E-state index contributed by atoms with van der Waals surface area (Å²) >= 11 is 0. The molecule has 0 atom stereocenters. The van der Waals surface area contributed by atoms with Crippen LogP contribution < -0.4 is 5.32 Å². The summed E-state index contributed by atoms with van der Waals surface area (Å²) in [6.45, 7) is 10.5. The molecule has 0 bridgehead atoms. The predicted molar refractivity (Wildman–Crippen MR) is 96.4 cm³/mol. The SMILES string of the molecule is CC[PH](CC)(CC)C1(C(=O)Nc2c(C)cc(F)cc2C)CC1. The van der Waals surface area contributed by atoms with Gasteiger partial charge in [-0.1, -0.05) is 0 Å². The second-order valence-electron chi connectivity index (χ2n) is 6.79. The molecule has 22 heavy (non-hydrogen) atoms. The molecule has 1 amide bonds. The second-order valence-corrected chi connectivity index (χ2v) is 12.4. The van der Waals surface area contributed by atoms with Crippen molar-refractivity contribution < 1.29 is 9.18 Å². The zero-order chi connectivity index (χ0) is 16.5. The molecular weight excluding hydrogens is 296 g/mol. The van der Waals surface area contributed by atoms with E-state index in [9.17, 15) is 9.18 Å². The van der Waals surface area contributed by atoms with E-state index in [0.717, 1.165) is 48.1 Å². The molecule has 1 aliphatic rings. The summed E-state index contributed by atoms with van der Waals surface area (Å²) in [7, 11) is -1.58. The normalized spacial score (nSPS) is 17.2. The van der Waals surface area contributed by atoms with Crippen LogP contribution >= 0.6 is 7.26 Å². The van der Waals surface area contributed by atoms with E-state index in [0.29, 0.717) is 0 Å². The van der Waals surface area contributed by atoms with E-state index in [1.165, 1.54) is 12.1 Å². The zero-order valence-corrected chi connectivity index (χ0v) is 15.5. The van der Waals surface area contributed by atoms with Gasteiger partial charge in [0.05, 0.1) is 0 Å². The van der Waals surface area contributed by atoms with Crippen LogP contribution in [-0.2, 0) is 4.79 Å². The van der Waals surface area contributed by atoms with Crippen molar-refractivity contribution in [2.45, 2.75) is 52.6 Å². The first-order valence-corrected chi connectivity index (χ1v) is 11.1. The van der Waals surface area contributed by atoms with Crippen molar-refractivity contribution in [2.75, 3.05) is 23.8 Å². The van der Waals surface area contributed by atoms with Crippen molar-refractivity contribution in [3.8, 4) is 0 Å². The number of nitrogens with one attached hydrogen (secondary N) is 1. The van der Waals surface area contributed by atoms with Gasteiger partial charge in [0.15, 0.2) is 0 Å². The molecule has 0 radical (unpaired) electrons. The van der Waals surface area contributed by atoms with Crippen LogP contribution in [0.5, 0.6) is 0 Å². The van der Waals surface area contributed by atoms with E-state index >= 15 is 0 Å². The molecule has 0 aliphatic heterocycles. The van der Waals surface area contributed by atoms with Gasteiger partial charge < -0.3 is 0 Å². The quantitative estimate of drug-likeness (QED) is 0.753. The van der Waals surface area contributed by atoms with Gasteiger partial charge in [0.25, 0.3) is 0 Å². The van der Waals surface area contributed by atoms with E-state index in [1.807, 2.05) is 13.8 Å². The Hall–Kier alpha value is -0.950. The first-order valence-electron chi connectivity index (χ1n) is 8.44. The predicted octanol–water partition coefficient (Wildman–Crippen LogP) is 4.72. The summed E-state index contributed by atoms with van der Waals surface area (Å²) in [5.41, 5.74) is 2.40. The first kappa shape index (κ1) is 17.4. The van der Waals surface area contributed by atoms with Gasteiger partial charge in [0.2, 0.25) is 0 Å². The number of halogens is 1. The summed E-state index contributed by atoms with van der Waals surface area (Å²) in [5, 5.41) is 3.05. The third kappa shape index (κ3) is 2.69. The van der Waals surface area contributed by atoms with E-state index in [4.69, 9.17) is 0 Å². The van der Waals surface area contributed by atoms with E-state index in [2.05, 4.69) is 26.1 Å². The van der Waals surface area contributed by atoms with Crippen LogP contribution in [0.3, 0.4) is 0 Å². The third-order valence-electron chi connectivity index (χ3n) is 5.97. The number of hydrogen-bond acceptors (Lipinski definition) is 1. The third-order valence-corrected chi connectivity index (χ3v) is 12.8. The van der Waals surface area contributed by atoms with Crippen molar-refractivity contribution >= 4 is 18.9 Å². The molecule has 1 fully saturated rings. The molecule has 4 heteroatoms. The van der Waals surface area contributed by atoms with Crippen LogP contribution in [0.25, 0.3) is 0 Å². The first-order chi connectivity index (χ1) is 10.4. The molecule has 0 saturated heterocycles. The number of carbonyl (C=O) groups excluding carboxylic acids is 1. The molecule has 1 saturated carbocycles. The molecule has 0 unspecified atom stereocenters. The molecule has 1 aromatic carbocycles. The number of rotatable bonds is 6. The van der Waals surface area contributed by atoms with Gasteiger partial charge in [-0.2, -0.15) is 0 Å². The minimum absolute atomic E-state index is 0.0987. The van der Waals surface area contributed by atoms with Gasteiger partial charge in [0, 0.05) is 0 Å². The monoisotopic (exact) mass is 325 g/mol. The maximum atomic E-state index is 13.4. The Balaban J connectivity index is 2.30. The van der Waals surface area contributed by atoms with Gasteiger partial charge in [-0.15, -0.1) is 0 Å². The number of aryl methyl sites for hydroxylation is 2. The topological polar surface area (TPSA) is 29.1 Å². The average Bonchev–Trinajstić information content (AvgIpc) is 3.27. The number of carbonyl (C=O) groups is 1. The van der Waals surface area contributed by atoms with E-state index in [-0.39, 0.29) is 16.9 Å². The summed E-state index contributed by atoms with van der Waals surface area (Å²) < 4.78 is 13.4. The van der Waals surface area contributed by atoms with Gasteiger partial charge in [-0.05, 0) is 0 Å². The van der Waals surface area contributed by atoms with Crippen molar-refractivity contribution in [1.82, 2.24) is 0 Å². The maximum absolute atomic E-state index is 13.4. The van der Waals surface area contributed by atoms with Crippen LogP contribution in [0.4, 0.5) is 10.1 Å². The van der Waals surface area contributed by atoms with Crippen LogP contribution in [0.2, 0.25) is 0 Å². The van der Waals surface area contributed by atoms with Gasteiger partial charge in [0.1, 0.15) is 0 Å². The summed E-state index contributed by atoms with van der Waals surface area (Å²) in [6.07, 6.45) is 5.54. The number of anilines is 1. The minimum atomic E-state index is -1.58. The van der Waals surface area contributed by atoms with Crippen molar-refractivity contribution in [1.29, 1.82) is 0 Å². The molecule has 1 aromatic rings. The van der Waals surface area contributed by atoms with Crippen LogP contribution in [0.1, 0.15) is 44.7 Å². The van der Waals surface area contributed by atoms with Gasteiger partial charge >= 0.3 is 134 Å². The Morgan fingerprint density at radius 1 is 1.14 bits per heavy atom. The Labute approximate surface area is 134 Å². The van der Waals surface area contributed by atoms with Crippen molar-refractivity contribution in [3.05, 3.63) is 29.1 Å².